The maximum absolute atomic E-state index is 14.5. The normalized spacial score (nSPS) is 31.6. The second kappa shape index (κ2) is 7.79. The van der Waals surface area contributed by atoms with Gasteiger partial charge >= 0.3 is 0 Å². The van der Waals surface area contributed by atoms with Crippen LogP contribution in [0.25, 0.3) is 0 Å². The molecular formula is C25H35FN2O3. The van der Waals surface area contributed by atoms with E-state index in [-0.39, 0.29) is 28.5 Å². The number of nitrogens with zero attached hydrogens (tertiary/aromatic N) is 1. The van der Waals surface area contributed by atoms with Gasteiger partial charge in [-0.1, -0.05) is 20.8 Å². The number of carbonyl (C=O) groups is 2. The van der Waals surface area contributed by atoms with Gasteiger partial charge < -0.3 is 15.0 Å². The largest absolute Gasteiger partial charge is 0.497 e. The highest BCUT2D eigenvalue weighted by Crippen LogP contribution is 2.52. The van der Waals surface area contributed by atoms with Crippen molar-refractivity contribution in [3.8, 4) is 5.75 Å². The van der Waals surface area contributed by atoms with E-state index in [0.29, 0.717) is 49.5 Å². The molecule has 2 aliphatic heterocycles. The Morgan fingerprint density at radius 1 is 1.29 bits per heavy atom. The highest BCUT2D eigenvalue weighted by atomic mass is 19.1. The van der Waals surface area contributed by atoms with Gasteiger partial charge in [0.1, 0.15) is 11.6 Å². The lowest BCUT2D eigenvalue weighted by molar-refractivity contribution is -0.133. The second-order valence-corrected chi connectivity index (χ2v) is 11.2. The van der Waals surface area contributed by atoms with E-state index in [0.717, 1.165) is 25.8 Å². The first-order valence-electron chi connectivity index (χ1n) is 11.5. The SMILES string of the molecule is COc1ccc(F)c(C[C@@]2(CCC(=O)N3C[C@]4(C)C[C@@H]3CC(C)(C)C4)CCC(=O)N2)c1. The molecule has 0 unspecified atom stereocenters. The Hall–Kier alpha value is -2.11. The molecule has 2 saturated heterocycles. The summed E-state index contributed by atoms with van der Waals surface area (Å²) < 4.78 is 19.7. The topological polar surface area (TPSA) is 58.6 Å². The molecule has 2 heterocycles. The van der Waals surface area contributed by atoms with E-state index in [2.05, 4.69) is 31.0 Å². The molecule has 2 amide bonds. The van der Waals surface area contributed by atoms with Crippen LogP contribution in [0.3, 0.4) is 0 Å². The fraction of sp³-hybridized carbons (Fsp3) is 0.680. The maximum atomic E-state index is 14.5. The van der Waals surface area contributed by atoms with Gasteiger partial charge in [-0.05, 0) is 73.1 Å². The van der Waals surface area contributed by atoms with Crippen LogP contribution in [0.2, 0.25) is 0 Å². The fourth-order valence-electron chi connectivity index (χ4n) is 6.60. The van der Waals surface area contributed by atoms with E-state index < -0.39 is 5.54 Å². The second-order valence-electron chi connectivity index (χ2n) is 11.2. The van der Waals surface area contributed by atoms with Gasteiger partial charge in [0.05, 0.1) is 7.11 Å². The molecule has 0 radical (unpaired) electrons. The Kier molecular flexibility index (Phi) is 5.55. The van der Waals surface area contributed by atoms with Crippen molar-refractivity contribution < 1.29 is 18.7 Å². The van der Waals surface area contributed by atoms with E-state index in [1.165, 1.54) is 6.07 Å². The monoisotopic (exact) mass is 430 g/mol. The smallest absolute Gasteiger partial charge is 0.222 e. The molecule has 31 heavy (non-hydrogen) atoms. The molecule has 6 heteroatoms. The number of ether oxygens (including phenoxy) is 1. The van der Waals surface area contributed by atoms with Gasteiger partial charge in [0.15, 0.2) is 0 Å². The average Bonchev–Trinajstić information content (AvgIpc) is 3.17. The van der Waals surface area contributed by atoms with Crippen molar-refractivity contribution in [2.75, 3.05) is 13.7 Å². The van der Waals surface area contributed by atoms with Crippen molar-refractivity contribution in [1.82, 2.24) is 10.2 Å². The van der Waals surface area contributed by atoms with Crippen LogP contribution in [-0.4, -0.2) is 41.9 Å². The molecule has 3 fully saturated rings. The fourth-order valence-corrected chi connectivity index (χ4v) is 6.60. The maximum Gasteiger partial charge on any atom is 0.222 e. The van der Waals surface area contributed by atoms with Gasteiger partial charge in [0.25, 0.3) is 0 Å². The summed E-state index contributed by atoms with van der Waals surface area (Å²) in [6, 6.07) is 4.99. The lowest BCUT2D eigenvalue weighted by Gasteiger charge is -2.39. The number of amides is 2. The third-order valence-electron chi connectivity index (χ3n) is 7.57. The molecule has 3 aliphatic rings. The number of benzene rings is 1. The minimum Gasteiger partial charge on any atom is -0.497 e. The summed E-state index contributed by atoms with van der Waals surface area (Å²) in [5.74, 6) is 0.420. The summed E-state index contributed by atoms with van der Waals surface area (Å²) in [6.45, 7) is 7.73. The summed E-state index contributed by atoms with van der Waals surface area (Å²) in [7, 11) is 1.55. The summed E-state index contributed by atoms with van der Waals surface area (Å²) >= 11 is 0. The molecule has 170 valence electrons. The number of nitrogens with one attached hydrogen (secondary N) is 1. The van der Waals surface area contributed by atoms with Crippen LogP contribution in [0.4, 0.5) is 4.39 Å². The van der Waals surface area contributed by atoms with Crippen LogP contribution >= 0.6 is 0 Å². The Bertz CT molecular complexity index is 886. The quantitative estimate of drug-likeness (QED) is 0.735. The summed E-state index contributed by atoms with van der Waals surface area (Å²) in [4.78, 5) is 27.4. The van der Waals surface area contributed by atoms with Crippen molar-refractivity contribution >= 4 is 11.8 Å². The Balaban J connectivity index is 1.47. The molecule has 5 nitrogen and oxygen atoms in total. The molecular weight excluding hydrogens is 395 g/mol. The van der Waals surface area contributed by atoms with Crippen molar-refractivity contribution in [2.45, 2.75) is 83.7 Å². The third kappa shape index (κ3) is 4.58. The van der Waals surface area contributed by atoms with Crippen LogP contribution in [0.15, 0.2) is 18.2 Å². The number of rotatable bonds is 6. The highest BCUT2D eigenvalue weighted by molar-refractivity contribution is 5.80. The number of hydrogen-bond donors (Lipinski definition) is 1. The molecule has 1 aliphatic carbocycles. The van der Waals surface area contributed by atoms with Gasteiger partial charge in [-0.3, -0.25) is 9.59 Å². The van der Waals surface area contributed by atoms with Gasteiger partial charge in [-0.25, -0.2) is 4.39 Å². The number of hydrogen-bond acceptors (Lipinski definition) is 3. The lowest BCUT2D eigenvalue weighted by atomic mass is 9.65. The Morgan fingerprint density at radius 2 is 2.06 bits per heavy atom. The zero-order valence-electron chi connectivity index (χ0n) is 19.2. The van der Waals surface area contributed by atoms with Crippen LogP contribution < -0.4 is 10.1 Å². The van der Waals surface area contributed by atoms with Crippen LogP contribution in [-0.2, 0) is 16.0 Å². The van der Waals surface area contributed by atoms with Gasteiger partial charge in [-0.2, -0.15) is 0 Å². The summed E-state index contributed by atoms with van der Waals surface area (Å²) in [6.07, 6.45) is 5.57. The predicted molar refractivity (Wildman–Crippen MR) is 117 cm³/mol. The Labute approximate surface area is 184 Å². The zero-order valence-corrected chi connectivity index (χ0v) is 19.2. The van der Waals surface area contributed by atoms with Gasteiger partial charge in [-0.15, -0.1) is 0 Å². The molecule has 1 aromatic rings. The lowest BCUT2D eigenvalue weighted by Crippen LogP contribution is -2.45. The van der Waals surface area contributed by atoms with Crippen LogP contribution in [0.5, 0.6) is 5.75 Å². The van der Waals surface area contributed by atoms with Crippen molar-refractivity contribution in [1.29, 1.82) is 0 Å². The van der Waals surface area contributed by atoms with E-state index in [4.69, 9.17) is 4.74 Å². The molecule has 2 bridgehead atoms. The molecule has 1 aromatic carbocycles. The number of methoxy groups -OCH3 is 1. The van der Waals surface area contributed by atoms with Crippen LogP contribution in [0, 0.1) is 16.6 Å². The predicted octanol–water partition coefficient (Wildman–Crippen LogP) is 4.23. The van der Waals surface area contributed by atoms with Crippen molar-refractivity contribution in [3.05, 3.63) is 29.6 Å². The third-order valence-corrected chi connectivity index (χ3v) is 7.57. The van der Waals surface area contributed by atoms with Crippen molar-refractivity contribution in [3.63, 3.8) is 0 Å². The molecule has 1 N–H and O–H groups in total. The Morgan fingerprint density at radius 3 is 2.74 bits per heavy atom. The number of likely N-dealkylation sites (tertiary alicyclic amines) is 1. The van der Waals surface area contributed by atoms with E-state index in [1.54, 1.807) is 19.2 Å². The van der Waals surface area contributed by atoms with Gasteiger partial charge in [0, 0.05) is 31.0 Å². The summed E-state index contributed by atoms with van der Waals surface area (Å²) in [5, 5.41) is 3.08. The first-order chi connectivity index (χ1) is 14.5. The van der Waals surface area contributed by atoms with E-state index in [1.807, 2.05) is 0 Å². The summed E-state index contributed by atoms with van der Waals surface area (Å²) in [5.41, 5.74) is 0.389. The molecule has 3 atom stereocenters. The minimum atomic E-state index is -0.585. The molecule has 1 saturated carbocycles. The first kappa shape index (κ1) is 22.1. The molecule has 0 aromatic heterocycles. The zero-order chi connectivity index (χ0) is 22.4. The van der Waals surface area contributed by atoms with Crippen LogP contribution in [0.1, 0.15) is 71.3 Å². The first-order valence-corrected chi connectivity index (χ1v) is 11.5. The van der Waals surface area contributed by atoms with E-state index >= 15 is 0 Å². The van der Waals surface area contributed by atoms with Gasteiger partial charge in [0.2, 0.25) is 11.8 Å². The number of halogens is 1. The van der Waals surface area contributed by atoms with E-state index in [9.17, 15) is 14.0 Å². The highest BCUT2D eigenvalue weighted by Gasteiger charge is 2.51. The van der Waals surface area contributed by atoms with Crippen molar-refractivity contribution in [2.24, 2.45) is 10.8 Å². The molecule has 0 spiro atoms. The standard InChI is InChI=1S/C25H35FN2O3/c1-23(2)13-18-14-24(3,15-23)16-28(18)22(30)8-10-25(9-7-21(29)27-25)12-17-11-19(31-4)5-6-20(17)26/h5-6,11,18H,7-10,12-16H2,1-4H3,(H,27,29)/t18-,24+,25-/m0/s1. The number of fused-ring (bicyclic) bond motifs is 2. The number of carbonyl (C=O) groups excluding carboxylic acids is 2. The average molecular weight is 431 g/mol. The molecule has 4 rings (SSSR count). The minimum absolute atomic E-state index is 0.0259.